The third kappa shape index (κ3) is 3.18. The molecule has 2 heteroatoms. The van der Waals surface area contributed by atoms with E-state index in [-0.39, 0.29) is 0 Å². The number of aromatic nitrogens is 1. The summed E-state index contributed by atoms with van der Waals surface area (Å²) < 4.78 is 0. The maximum absolute atomic E-state index is 4.72. The molecular weight excluding hydrogens is 210 g/mol. The molecule has 1 aromatic heterocycles. The van der Waals surface area contributed by atoms with Gasteiger partial charge in [-0.05, 0) is 29.6 Å². The van der Waals surface area contributed by atoms with Gasteiger partial charge in [-0.15, -0.1) is 0 Å². The molecule has 0 saturated heterocycles. The minimum absolute atomic E-state index is 0.441. The summed E-state index contributed by atoms with van der Waals surface area (Å²) in [6, 6.07) is 7.63. The summed E-state index contributed by atoms with van der Waals surface area (Å²) in [4.78, 5) is 4.72. The molecule has 0 fully saturated rings. The van der Waals surface area contributed by atoms with Gasteiger partial charge in [-0.25, -0.2) is 0 Å². The monoisotopic (exact) mass is 235 g/mol. The van der Waals surface area contributed by atoms with Crippen molar-refractivity contribution in [3.05, 3.63) is 29.6 Å². The standard InChI is InChI=1S/C14H25NSi/c1-7-12-9-8-10-13(15-12)11-16(5,6)14(2,3)4/h8-10H,7,11H2,1-6H3. The van der Waals surface area contributed by atoms with Gasteiger partial charge in [0.1, 0.15) is 0 Å². The summed E-state index contributed by atoms with van der Waals surface area (Å²) in [6.07, 6.45) is 1.03. The van der Waals surface area contributed by atoms with E-state index in [0.717, 1.165) is 6.42 Å². The van der Waals surface area contributed by atoms with E-state index in [4.69, 9.17) is 4.98 Å². The highest BCUT2D eigenvalue weighted by atomic mass is 28.3. The van der Waals surface area contributed by atoms with Crippen LogP contribution in [0.2, 0.25) is 18.1 Å². The molecule has 1 aromatic rings. The molecule has 1 rings (SSSR count). The van der Waals surface area contributed by atoms with E-state index in [1.165, 1.54) is 17.4 Å². The van der Waals surface area contributed by atoms with Crippen LogP contribution in [0.25, 0.3) is 0 Å². The third-order valence-corrected chi connectivity index (χ3v) is 9.19. The van der Waals surface area contributed by atoms with E-state index < -0.39 is 8.07 Å². The van der Waals surface area contributed by atoms with Gasteiger partial charge in [0.15, 0.2) is 0 Å². The topological polar surface area (TPSA) is 12.9 Å². The molecule has 0 amide bonds. The fourth-order valence-electron chi connectivity index (χ4n) is 1.54. The van der Waals surface area contributed by atoms with Gasteiger partial charge < -0.3 is 0 Å². The average molecular weight is 235 g/mol. The Labute approximate surface area is 101 Å². The Bertz CT molecular complexity index is 350. The number of aryl methyl sites for hydroxylation is 1. The number of hydrogen-bond donors (Lipinski definition) is 0. The van der Waals surface area contributed by atoms with Crippen molar-refractivity contribution in [2.75, 3.05) is 0 Å². The van der Waals surface area contributed by atoms with Crippen molar-refractivity contribution in [1.82, 2.24) is 4.98 Å². The van der Waals surface area contributed by atoms with Crippen molar-refractivity contribution in [2.45, 2.75) is 58.3 Å². The van der Waals surface area contributed by atoms with Gasteiger partial charge >= 0.3 is 0 Å². The normalized spacial score (nSPS) is 12.9. The zero-order valence-corrected chi connectivity index (χ0v) is 12.6. The fraction of sp³-hybridized carbons (Fsp3) is 0.643. The highest BCUT2D eigenvalue weighted by molar-refractivity contribution is 6.79. The van der Waals surface area contributed by atoms with Crippen LogP contribution in [-0.2, 0) is 12.5 Å². The van der Waals surface area contributed by atoms with Crippen LogP contribution in [0, 0.1) is 0 Å². The molecule has 0 aromatic carbocycles. The van der Waals surface area contributed by atoms with E-state index in [9.17, 15) is 0 Å². The average Bonchev–Trinajstić information content (AvgIpc) is 2.15. The van der Waals surface area contributed by atoms with E-state index >= 15 is 0 Å². The van der Waals surface area contributed by atoms with E-state index in [1.807, 2.05) is 0 Å². The third-order valence-electron chi connectivity index (χ3n) is 3.88. The largest absolute Gasteiger partial charge is 0.258 e. The maximum atomic E-state index is 4.72. The Morgan fingerprint density at radius 3 is 2.19 bits per heavy atom. The summed E-state index contributed by atoms with van der Waals surface area (Å²) in [5, 5.41) is 0.441. The van der Waals surface area contributed by atoms with Crippen molar-refractivity contribution in [1.29, 1.82) is 0 Å². The van der Waals surface area contributed by atoms with Crippen molar-refractivity contribution >= 4 is 8.07 Å². The summed E-state index contributed by atoms with van der Waals surface area (Å²) in [5.74, 6) is 0. The minimum atomic E-state index is -1.24. The zero-order valence-electron chi connectivity index (χ0n) is 11.6. The lowest BCUT2D eigenvalue weighted by Gasteiger charge is -2.36. The lowest BCUT2D eigenvalue weighted by molar-refractivity contribution is 0.711. The number of rotatable bonds is 3. The van der Waals surface area contributed by atoms with Crippen molar-refractivity contribution in [3.63, 3.8) is 0 Å². The molecule has 0 bridgehead atoms. The molecule has 1 nitrogen and oxygen atoms in total. The van der Waals surface area contributed by atoms with Crippen LogP contribution in [0.1, 0.15) is 39.1 Å². The number of pyridine rings is 1. The molecule has 90 valence electrons. The minimum Gasteiger partial charge on any atom is -0.258 e. The molecule has 0 radical (unpaired) electrons. The fourth-order valence-corrected chi connectivity index (χ4v) is 3.18. The Balaban J connectivity index is 2.88. The van der Waals surface area contributed by atoms with Crippen LogP contribution in [0.5, 0.6) is 0 Å². The van der Waals surface area contributed by atoms with Gasteiger partial charge in [-0.1, -0.05) is 46.9 Å². The number of nitrogens with zero attached hydrogens (tertiary/aromatic N) is 1. The SMILES string of the molecule is CCc1cccc(C[Si](C)(C)C(C)(C)C)n1. The van der Waals surface area contributed by atoms with Gasteiger partial charge in [0.05, 0.1) is 8.07 Å². The molecule has 16 heavy (non-hydrogen) atoms. The summed E-state index contributed by atoms with van der Waals surface area (Å²) in [7, 11) is -1.24. The summed E-state index contributed by atoms with van der Waals surface area (Å²) >= 11 is 0. The molecule has 0 atom stereocenters. The molecule has 0 aliphatic rings. The lowest BCUT2D eigenvalue weighted by Crippen LogP contribution is -2.40. The molecule has 0 N–H and O–H groups in total. The Morgan fingerprint density at radius 2 is 1.69 bits per heavy atom. The van der Waals surface area contributed by atoms with E-state index in [1.54, 1.807) is 0 Å². The van der Waals surface area contributed by atoms with Crippen molar-refractivity contribution < 1.29 is 0 Å². The second-order valence-corrected chi connectivity index (χ2v) is 11.9. The Hall–Kier alpha value is -0.633. The first-order chi connectivity index (χ1) is 7.26. The predicted octanol–water partition coefficient (Wildman–Crippen LogP) is 4.23. The highest BCUT2D eigenvalue weighted by Crippen LogP contribution is 2.37. The van der Waals surface area contributed by atoms with Crippen LogP contribution in [0.4, 0.5) is 0 Å². The quantitative estimate of drug-likeness (QED) is 0.714. The first kappa shape index (κ1) is 13.4. The maximum Gasteiger partial charge on any atom is 0.0590 e. The highest BCUT2D eigenvalue weighted by Gasteiger charge is 2.35. The molecule has 0 spiro atoms. The second kappa shape index (κ2) is 4.70. The van der Waals surface area contributed by atoms with Crippen molar-refractivity contribution in [2.24, 2.45) is 0 Å². The van der Waals surface area contributed by atoms with Crippen molar-refractivity contribution in [3.8, 4) is 0 Å². The molecule has 0 aliphatic carbocycles. The molecule has 1 heterocycles. The lowest BCUT2D eigenvalue weighted by atomic mass is 10.2. The first-order valence-corrected chi connectivity index (χ1v) is 9.42. The van der Waals surface area contributed by atoms with Gasteiger partial charge in [0.25, 0.3) is 0 Å². The number of hydrogen-bond acceptors (Lipinski definition) is 1. The smallest absolute Gasteiger partial charge is 0.0590 e. The molecular formula is C14H25NSi. The van der Waals surface area contributed by atoms with Gasteiger partial charge in [0, 0.05) is 11.4 Å². The van der Waals surface area contributed by atoms with Gasteiger partial charge in [0.2, 0.25) is 0 Å². The van der Waals surface area contributed by atoms with Crippen LogP contribution >= 0.6 is 0 Å². The van der Waals surface area contributed by atoms with Crippen LogP contribution in [-0.4, -0.2) is 13.1 Å². The summed E-state index contributed by atoms with van der Waals surface area (Å²) in [5.41, 5.74) is 2.50. The summed E-state index contributed by atoms with van der Waals surface area (Å²) in [6.45, 7) is 14.2. The molecule has 0 aliphatic heterocycles. The van der Waals surface area contributed by atoms with E-state index in [2.05, 4.69) is 59.0 Å². The Kier molecular flexibility index (Phi) is 3.95. The molecule has 0 saturated carbocycles. The van der Waals surface area contributed by atoms with Crippen LogP contribution in [0.3, 0.4) is 0 Å². The van der Waals surface area contributed by atoms with Crippen LogP contribution < -0.4 is 0 Å². The Morgan fingerprint density at radius 1 is 1.12 bits per heavy atom. The molecule has 0 unspecified atom stereocenters. The van der Waals surface area contributed by atoms with Crippen LogP contribution in [0.15, 0.2) is 18.2 Å². The van der Waals surface area contributed by atoms with Gasteiger partial charge in [-0.3, -0.25) is 4.98 Å². The van der Waals surface area contributed by atoms with Gasteiger partial charge in [-0.2, -0.15) is 0 Å². The zero-order chi connectivity index (χ0) is 12.4. The predicted molar refractivity (Wildman–Crippen MR) is 74.5 cm³/mol. The second-order valence-electron chi connectivity index (χ2n) is 6.28. The van der Waals surface area contributed by atoms with E-state index in [0.29, 0.717) is 5.04 Å². The first-order valence-electron chi connectivity index (χ1n) is 6.21.